The number of anilines is 2. The molecule has 1 saturated heterocycles. The number of para-hydroxylation sites is 1. The van der Waals surface area contributed by atoms with Crippen molar-refractivity contribution >= 4 is 48.2 Å². The summed E-state index contributed by atoms with van der Waals surface area (Å²) in [5.41, 5.74) is 9.40. The average molecular weight is 849 g/mol. The number of piperidine rings is 1. The molecule has 7 rings (SSSR count). The number of aliphatic hydroxyl groups excluding tert-OH is 1. The molecule has 1 unspecified atom stereocenters. The monoisotopic (exact) mass is 848 g/mol. The fourth-order valence-electron chi connectivity index (χ4n) is 8.41. The summed E-state index contributed by atoms with van der Waals surface area (Å²) in [6, 6.07) is 29.1. The molecule has 0 spiro atoms. The molecular weight excluding hydrogens is 789 g/mol. The van der Waals surface area contributed by atoms with Gasteiger partial charge in [0.15, 0.2) is 0 Å². The number of nitrogens with zero attached hydrogens (tertiary/aromatic N) is 2. The Balaban J connectivity index is 1.35. The first-order chi connectivity index (χ1) is 28.7. The van der Waals surface area contributed by atoms with Crippen molar-refractivity contribution in [1.82, 2.24) is 9.03 Å². The van der Waals surface area contributed by atoms with Gasteiger partial charge >= 0.3 is 0 Å². The minimum Gasteiger partial charge on any atom is -0.456 e. The van der Waals surface area contributed by atoms with E-state index in [-0.39, 0.29) is 18.0 Å². The van der Waals surface area contributed by atoms with E-state index in [1.165, 1.54) is 10.7 Å². The summed E-state index contributed by atoms with van der Waals surface area (Å²) >= 11 is 0. The van der Waals surface area contributed by atoms with Gasteiger partial charge in [0.05, 0.1) is 22.0 Å². The molecule has 9 nitrogen and oxygen atoms in total. The van der Waals surface area contributed by atoms with Gasteiger partial charge in [0.1, 0.15) is 11.3 Å². The smallest absolute Gasteiger partial charge is 0.243 e. The number of aryl methyl sites for hydroxylation is 4. The van der Waals surface area contributed by atoms with Gasteiger partial charge in [-0.2, -0.15) is 4.31 Å². The van der Waals surface area contributed by atoms with E-state index in [4.69, 9.17) is 9.41 Å². The highest BCUT2D eigenvalue weighted by Gasteiger charge is 2.32. The second-order valence-electron chi connectivity index (χ2n) is 16.6. The van der Waals surface area contributed by atoms with Gasteiger partial charge < -0.3 is 14.8 Å². The predicted molar refractivity (Wildman–Crippen MR) is 248 cm³/mol. The van der Waals surface area contributed by atoms with Gasteiger partial charge in [-0.05, 0) is 128 Å². The van der Waals surface area contributed by atoms with Crippen LogP contribution < -0.4 is 15.4 Å². The highest BCUT2D eigenvalue weighted by molar-refractivity contribution is 8.00. The fraction of sp³-hybridized carbons (Fsp3) is 0.367. The van der Waals surface area contributed by atoms with Crippen LogP contribution in [0, 0.1) is 33.6 Å². The first-order valence-electron chi connectivity index (χ1n) is 21.3. The molecule has 1 aliphatic carbocycles. The van der Waals surface area contributed by atoms with Crippen LogP contribution in [0.1, 0.15) is 74.6 Å². The quantitative estimate of drug-likeness (QED) is 0.0639. The van der Waals surface area contributed by atoms with Crippen LogP contribution in [0.2, 0.25) is 0 Å². The molecule has 1 fully saturated rings. The van der Waals surface area contributed by atoms with Gasteiger partial charge in [-0.1, -0.05) is 69.5 Å². The topological polar surface area (TPSA) is 124 Å². The normalized spacial score (nSPS) is 15.5. The van der Waals surface area contributed by atoms with E-state index < -0.39 is 26.2 Å². The van der Waals surface area contributed by atoms with Gasteiger partial charge in [0.2, 0.25) is 10.0 Å². The number of hydrogen-bond acceptors (Lipinski definition) is 7. The van der Waals surface area contributed by atoms with Crippen molar-refractivity contribution in [3.05, 3.63) is 119 Å². The Morgan fingerprint density at radius 1 is 0.867 bits per heavy atom. The Kier molecular flexibility index (Phi) is 13.1. The maximum atomic E-state index is 14.4. The first-order valence-corrected chi connectivity index (χ1v) is 24.9. The number of unbranched alkanes of at least 4 members (excludes halogenated alkanes) is 1. The van der Waals surface area contributed by atoms with Crippen LogP contribution in [0.5, 0.6) is 0 Å². The zero-order chi connectivity index (χ0) is 42.8. The second kappa shape index (κ2) is 18.1. The standard InChI is InChI=1S/C49H60N4O5S2/c1-8-10-16-36(9-2)31-50-59(7,55)40-27-34(5)49(35(6)28-40)52-38-20-22-42-45(30-38)58-44-29-37(51-48-32(3)14-13-15-33(48)4)19-21-41(44)47(42)43-17-11-12-18-46(43)60(56,57)53-25-23-39(54)24-26-53/h11-15,17-22,27-30,36,39,51,54,59H,8-10,16,23-26,31H2,1-7H3,(H,50,55)/b52-38+. The third kappa shape index (κ3) is 9.16. The average Bonchev–Trinajstić information content (AvgIpc) is 3.22. The third-order valence-electron chi connectivity index (χ3n) is 12.1. The summed E-state index contributed by atoms with van der Waals surface area (Å²) < 4.78 is 54.4. The summed E-state index contributed by atoms with van der Waals surface area (Å²) in [5.74, 6) is 1.05. The van der Waals surface area contributed by atoms with Crippen LogP contribution in [0.3, 0.4) is 0 Å². The Bertz CT molecular complexity index is 2670. The lowest BCUT2D eigenvalue weighted by atomic mass is 9.93. The number of rotatable bonds is 14. The maximum absolute atomic E-state index is 14.4. The molecule has 2 heterocycles. The van der Waals surface area contributed by atoms with E-state index in [1.54, 1.807) is 12.1 Å². The SMILES string of the molecule is CCCCC(CC)CN[SH](C)(=O)c1cc(C)c(/N=c2\ccc3c(-c4ccccc4S(=O)(=O)N4CCC(O)CC4)c4ccc(Nc5c(C)cccc5C)cc4oc-3c2)c(C)c1. The molecule has 3 N–H and O–H groups in total. The van der Waals surface area contributed by atoms with E-state index >= 15 is 0 Å². The first kappa shape index (κ1) is 43.4. The zero-order valence-corrected chi connectivity index (χ0v) is 37.7. The molecule has 1 atom stereocenters. The molecule has 2 aliphatic heterocycles. The Hall–Kier alpha value is -4.65. The molecular formula is C49H60N4O5S2. The summed E-state index contributed by atoms with van der Waals surface area (Å²) in [5, 5.41) is 15.2. The lowest BCUT2D eigenvalue weighted by molar-refractivity contribution is 0.113. The molecule has 3 aliphatic rings. The highest BCUT2D eigenvalue weighted by Crippen LogP contribution is 2.44. The van der Waals surface area contributed by atoms with Gasteiger partial charge in [-0.25, -0.2) is 13.4 Å². The van der Waals surface area contributed by atoms with Crippen LogP contribution in [-0.2, 0) is 20.1 Å². The van der Waals surface area contributed by atoms with Crippen molar-refractivity contribution in [3.8, 4) is 22.5 Å². The summed E-state index contributed by atoms with van der Waals surface area (Å²) in [6.45, 7) is 13.8. The van der Waals surface area contributed by atoms with E-state index in [0.29, 0.717) is 41.0 Å². The molecule has 0 amide bonds. The predicted octanol–water partition coefficient (Wildman–Crippen LogP) is 10.3. The van der Waals surface area contributed by atoms with Crippen molar-refractivity contribution in [2.24, 2.45) is 10.9 Å². The van der Waals surface area contributed by atoms with E-state index in [0.717, 1.165) is 86.5 Å². The van der Waals surface area contributed by atoms with Crippen molar-refractivity contribution in [2.75, 3.05) is 31.2 Å². The van der Waals surface area contributed by atoms with Gasteiger partial charge in [-0.3, -0.25) is 8.93 Å². The van der Waals surface area contributed by atoms with Crippen molar-refractivity contribution in [1.29, 1.82) is 0 Å². The molecule has 11 heteroatoms. The van der Waals surface area contributed by atoms with E-state index in [2.05, 4.69) is 49.9 Å². The van der Waals surface area contributed by atoms with Crippen LogP contribution in [0.25, 0.3) is 33.4 Å². The molecule has 4 aromatic carbocycles. The van der Waals surface area contributed by atoms with Crippen molar-refractivity contribution < 1.29 is 22.2 Å². The molecule has 4 aromatic rings. The summed E-state index contributed by atoms with van der Waals surface area (Å²) in [7, 11) is -6.73. The molecule has 0 radical (unpaired) electrons. The number of nitrogens with one attached hydrogen (secondary N) is 2. The fourth-order valence-corrected chi connectivity index (χ4v) is 11.8. The highest BCUT2D eigenvalue weighted by atomic mass is 32.3. The largest absolute Gasteiger partial charge is 0.456 e. The second-order valence-corrected chi connectivity index (χ2v) is 21.2. The van der Waals surface area contributed by atoms with Gasteiger partial charge in [0, 0.05) is 76.4 Å². The number of benzene rings is 5. The van der Waals surface area contributed by atoms with Crippen LogP contribution in [0.4, 0.5) is 17.1 Å². The third-order valence-corrected chi connectivity index (χ3v) is 16.1. The van der Waals surface area contributed by atoms with Crippen molar-refractivity contribution in [3.63, 3.8) is 0 Å². The van der Waals surface area contributed by atoms with Gasteiger partial charge in [0.25, 0.3) is 0 Å². The number of fused-ring (bicyclic) bond motifs is 2. The molecule has 0 saturated carbocycles. The lowest BCUT2D eigenvalue weighted by Crippen LogP contribution is -2.40. The van der Waals surface area contributed by atoms with Gasteiger partial charge in [-0.15, -0.1) is 0 Å². The van der Waals surface area contributed by atoms with E-state index in [1.807, 2.05) is 86.8 Å². The molecule has 0 bridgehead atoms. The number of hydrogen-bond donors (Lipinski definition) is 4. The number of thiol groups is 1. The molecule has 0 aromatic heterocycles. The number of aliphatic hydroxyl groups is 1. The summed E-state index contributed by atoms with van der Waals surface area (Å²) in [4.78, 5) is 6.14. The van der Waals surface area contributed by atoms with Crippen LogP contribution >= 0.6 is 0 Å². The minimum absolute atomic E-state index is 0.210. The van der Waals surface area contributed by atoms with Crippen LogP contribution in [-0.4, -0.2) is 54.0 Å². The Labute approximate surface area is 356 Å². The maximum Gasteiger partial charge on any atom is 0.243 e. The molecule has 60 heavy (non-hydrogen) atoms. The molecule has 318 valence electrons. The summed E-state index contributed by atoms with van der Waals surface area (Å²) in [6.07, 6.45) is 6.63. The Morgan fingerprint density at radius 3 is 2.25 bits per heavy atom. The van der Waals surface area contributed by atoms with Crippen LogP contribution in [0.15, 0.2) is 110 Å². The lowest BCUT2D eigenvalue weighted by Gasteiger charge is -2.29. The Morgan fingerprint density at radius 2 is 1.57 bits per heavy atom. The zero-order valence-electron chi connectivity index (χ0n) is 36.0. The minimum atomic E-state index is -3.91. The number of sulfonamides is 1. The van der Waals surface area contributed by atoms with E-state index in [9.17, 15) is 17.7 Å². The van der Waals surface area contributed by atoms with Crippen molar-refractivity contribution in [2.45, 2.75) is 96.0 Å².